The third-order valence-electron chi connectivity index (χ3n) is 5.57. The number of aromatic nitrogens is 2. The molecule has 1 atom stereocenters. The Morgan fingerprint density at radius 2 is 1.93 bits per heavy atom. The summed E-state index contributed by atoms with van der Waals surface area (Å²) >= 11 is 0. The van der Waals surface area contributed by atoms with Crippen LogP contribution >= 0.6 is 0 Å². The molecule has 1 aliphatic rings. The lowest BCUT2D eigenvalue weighted by Crippen LogP contribution is -2.42. The fourth-order valence-electron chi connectivity index (χ4n) is 3.83. The van der Waals surface area contributed by atoms with E-state index in [2.05, 4.69) is 12.1 Å². The minimum absolute atomic E-state index is 0.0326. The molecule has 4 rings (SSSR count). The number of nitrogens with zero attached hydrogens (tertiary/aromatic N) is 3. The van der Waals surface area contributed by atoms with Crippen molar-refractivity contribution in [2.24, 2.45) is 0 Å². The third kappa shape index (κ3) is 4.00. The maximum Gasteiger partial charge on any atom is 0.254 e. The molecule has 30 heavy (non-hydrogen) atoms. The van der Waals surface area contributed by atoms with Crippen molar-refractivity contribution >= 4 is 5.91 Å². The molecule has 1 aliphatic heterocycles. The van der Waals surface area contributed by atoms with Gasteiger partial charge in [0, 0.05) is 18.5 Å². The van der Waals surface area contributed by atoms with E-state index >= 15 is 0 Å². The fourth-order valence-corrected chi connectivity index (χ4v) is 3.83. The molecule has 6 heteroatoms. The lowest BCUT2D eigenvalue weighted by atomic mass is 10.1. The molecule has 0 N–H and O–H groups in total. The van der Waals surface area contributed by atoms with Crippen molar-refractivity contribution in [3.05, 3.63) is 70.7 Å². The molecule has 1 aromatic carbocycles. The summed E-state index contributed by atoms with van der Waals surface area (Å²) in [5, 5.41) is 4.09. The van der Waals surface area contributed by atoms with Crippen LogP contribution in [0.4, 0.5) is 0 Å². The van der Waals surface area contributed by atoms with Gasteiger partial charge in [-0.1, -0.05) is 37.2 Å². The number of aryl methyl sites for hydroxylation is 3. The van der Waals surface area contributed by atoms with Crippen molar-refractivity contribution in [1.29, 1.82) is 0 Å². The normalized spacial score (nSPS) is 16.6. The molecule has 1 saturated heterocycles. The van der Waals surface area contributed by atoms with Gasteiger partial charge in [0.2, 0.25) is 0 Å². The number of amides is 1. The van der Waals surface area contributed by atoms with Crippen LogP contribution in [-0.4, -0.2) is 40.6 Å². The number of morpholine rings is 1. The SMILES string of the molecule is CCc1ccc(C(=O)N2CCO[C@@H](c3cccc(-c4c(C)noc4CC)n3)C2)cc1. The van der Waals surface area contributed by atoms with Gasteiger partial charge in [-0.15, -0.1) is 0 Å². The summed E-state index contributed by atoms with van der Waals surface area (Å²) in [4.78, 5) is 19.7. The Bertz CT molecular complexity index is 1030. The highest BCUT2D eigenvalue weighted by atomic mass is 16.5. The second-order valence-electron chi connectivity index (χ2n) is 7.53. The Balaban J connectivity index is 1.54. The van der Waals surface area contributed by atoms with Gasteiger partial charge >= 0.3 is 0 Å². The molecule has 3 heterocycles. The van der Waals surface area contributed by atoms with Crippen LogP contribution in [0.15, 0.2) is 47.0 Å². The number of benzene rings is 1. The summed E-state index contributed by atoms with van der Waals surface area (Å²) in [7, 11) is 0. The zero-order chi connectivity index (χ0) is 21.1. The minimum atomic E-state index is -0.261. The summed E-state index contributed by atoms with van der Waals surface area (Å²) in [6, 6.07) is 13.7. The van der Waals surface area contributed by atoms with E-state index in [0.717, 1.165) is 41.2 Å². The Kier molecular flexibility index (Phi) is 5.95. The molecule has 0 spiro atoms. The van der Waals surface area contributed by atoms with E-state index in [1.54, 1.807) is 0 Å². The number of carbonyl (C=O) groups is 1. The minimum Gasteiger partial charge on any atom is -0.368 e. The number of carbonyl (C=O) groups excluding carboxylic acids is 1. The van der Waals surface area contributed by atoms with Crippen LogP contribution in [0.25, 0.3) is 11.3 Å². The molecule has 0 aliphatic carbocycles. The molecular weight excluding hydrogens is 378 g/mol. The van der Waals surface area contributed by atoms with Gasteiger partial charge in [-0.05, 0) is 43.2 Å². The average molecular weight is 405 g/mol. The summed E-state index contributed by atoms with van der Waals surface area (Å²) in [5.74, 6) is 0.860. The van der Waals surface area contributed by atoms with Crippen molar-refractivity contribution < 1.29 is 14.1 Å². The van der Waals surface area contributed by atoms with Crippen molar-refractivity contribution in [3.63, 3.8) is 0 Å². The van der Waals surface area contributed by atoms with Crippen molar-refractivity contribution in [2.45, 2.75) is 39.7 Å². The number of hydrogen-bond acceptors (Lipinski definition) is 5. The van der Waals surface area contributed by atoms with Crippen LogP contribution in [0.1, 0.15) is 53.0 Å². The van der Waals surface area contributed by atoms with E-state index in [1.807, 2.05) is 61.2 Å². The summed E-state index contributed by atoms with van der Waals surface area (Å²) in [6.45, 7) is 7.61. The zero-order valence-electron chi connectivity index (χ0n) is 17.7. The first-order chi connectivity index (χ1) is 14.6. The predicted octanol–water partition coefficient (Wildman–Crippen LogP) is 4.38. The second-order valence-corrected chi connectivity index (χ2v) is 7.53. The van der Waals surface area contributed by atoms with Crippen molar-refractivity contribution in [1.82, 2.24) is 15.0 Å². The summed E-state index contributed by atoms with van der Waals surface area (Å²) in [5.41, 5.74) is 5.34. The molecule has 1 amide bonds. The topological polar surface area (TPSA) is 68.5 Å². The number of ether oxygens (including phenoxy) is 1. The van der Waals surface area contributed by atoms with Crippen LogP contribution in [0.3, 0.4) is 0 Å². The maximum atomic E-state index is 13.0. The molecule has 2 aromatic heterocycles. The van der Waals surface area contributed by atoms with Gasteiger partial charge in [0.15, 0.2) is 0 Å². The van der Waals surface area contributed by atoms with E-state index in [1.165, 1.54) is 5.56 Å². The van der Waals surface area contributed by atoms with Gasteiger partial charge in [0.1, 0.15) is 11.9 Å². The quantitative estimate of drug-likeness (QED) is 0.630. The first-order valence-electron chi connectivity index (χ1n) is 10.5. The molecule has 0 unspecified atom stereocenters. The van der Waals surface area contributed by atoms with Gasteiger partial charge in [0.05, 0.1) is 35.8 Å². The molecular formula is C24H27N3O3. The fraction of sp³-hybridized carbons (Fsp3) is 0.375. The predicted molar refractivity (Wildman–Crippen MR) is 114 cm³/mol. The molecule has 0 bridgehead atoms. The van der Waals surface area contributed by atoms with Crippen molar-refractivity contribution in [2.75, 3.05) is 19.7 Å². The van der Waals surface area contributed by atoms with E-state index in [0.29, 0.717) is 25.3 Å². The zero-order valence-corrected chi connectivity index (χ0v) is 17.7. The maximum absolute atomic E-state index is 13.0. The van der Waals surface area contributed by atoms with E-state index < -0.39 is 0 Å². The summed E-state index contributed by atoms with van der Waals surface area (Å²) < 4.78 is 11.4. The average Bonchev–Trinajstić information content (AvgIpc) is 3.19. The molecule has 0 saturated carbocycles. The van der Waals surface area contributed by atoms with E-state index in [4.69, 9.17) is 14.2 Å². The highest BCUT2D eigenvalue weighted by molar-refractivity contribution is 5.94. The van der Waals surface area contributed by atoms with E-state index in [-0.39, 0.29) is 12.0 Å². The van der Waals surface area contributed by atoms with Crippen LogP contribution < -0.4 is 0 Å². The molecule has 1 fully saturated rings. The number of pyridine rings is 1. The number of rotatable bonds is 5. The lowest BCUT2D eigenvalue weighted by molar-refractivity contribution is -0.0246. The van der Waals surface area contributed by atoms with Gasteiger partial charge in [-0.2, -0.15) is 0 Å². The third-order valence-corrected chi connectivity index (χ3v) is 5.57. The second kappa shape index (κ2) is 8.79. The molecule has 156 valence electrons. The van der Waals surface area contributed by atoms with Gasteiger partial charge < -0.3 is 14.2 Å². The van der Waals surface area contributed by atoms with Crippen LogP contribution in [0.5, 0.6) is 0 Å². The Morgan fingerprint density at radius 3 is 2.67 bits per heavy atom. The van der Waals surface area contributed by atoms with E-state index in [9.17, 15) is 4.79 Å². The van der Waals surface area contributed by atoms with Gasteiger partial charge in [-0.25, -0.2) is 4.98 Å². The molecule has 3 aromatic rings. The first-order valence-corrected chi connectivity index (χ1v) is 10.5. The Labute approximate surface area is 176 Å². The summed E-state index contributed by atoms with van der Waals surface area (Å²) in [6.07, 6.45) is 1.45. The largest absolute Gasteiger partial charge is 0.368 e. The first kappa shape index (κ1) is 20.3. The Morgan fingerprint density at radius 1 is 1.13 bits per heavy atom. The Hall–Kier alpha value is -2.99. The van der Waals surface area contributed by atoms with Gasteiger partial charge in [-0.3, -0.25) is 4.79 Å². The highest BCUT2D eigenvalue weighted by Crippen LogP contribution is 2.29. The van der Waals surface area contributed by atoms with Gasteiger partial charge in [0.25, 0.3) is 5.91 Å². The number of hydrogen-bond donors (Lipinski definition) is 0. The standard InChI is InChI=1S/C24H27N3O3/c1-4-17-9-11-18(12-10-17)24(28)27-13-14-29-22(15-27)19-7-6-8-20(25-19)23-16(3)26-30-21(23)5-2/h6-12,22H,4-5,13-15H2,1-3H3/t22-/m1/s1. The van der Waals surface area contributed by atoms with Crippen molar-refractivity contribution in [3.8, 4) is 11.3 Å². The lowest BCUT2D eigenvalue weighted by Gasteiger charge is -2.33. The van der Waals surface area contributed by atoms with Crippen LogP contribution in [-0.2, 0) is 17.6 Å². The molecule has 6 nitrogen and oxygen atoms in total. The van der Waals surface area contributed by atoms with Crippen LogP contribution in [0.2, 0.25) is 0 Å². The van der Waals surface area contributed by atoms with Crippen LogP contribution in [0, 0.1) is 6.92 Å². The highest BCUT2D eigenvalue weighted by Gasteiger charge is 2.27. The monoisotopic (exact) mass is 405 g/mol. The molecule has 0 radical (unpaired) electrons. The smallest absolute Gasteiger partial charge is 0.254 e.